The van der Waals surface area contributed by atoms with Gasteiger partial charge in [-0.3, -0.25) is 0 Å². The number of rotatable bonds is 8. The van der Waals surface area contributed by atoms with Crippen molar-refractivity contribution in [2.75, 3.05) is 13.2 Å². The Bertz CT molecular complexity index is 1040. The van der Waals surface area contributed by atoms with Crippen molar-refractivity contribution in [1.29, 1.82) is 0 Å². The number of ether oxygens (including phenoxy) is 1. The summed E-state index contributed by atoms with van der Waals surface area (Å²) in [6, 6.07) is 20.0. The first kappa shape index (κ1) is 25.6. The Morgan fingerprint density at radius 2 is 1.52 bits per heavy atom. The van der Waals surface area contributed by atoms with Gasteiger partial charge >= 0.3 is 11.9 Å². The molecule has 176 valence electrons. The molecular weight excluding hydrogens is 430 g/mol. The molecule has 0 aliphatic carbocycles. The van der Waals surface area contributed by atoms with Crippen molar-refractivity contribution in [2.45, 2.75) is 25.2 Å². The smallest absolute Gasteiger partial charge is 0.414 e. The van der Waals surface area contributed by atoms with Gasteiger partial charge in [0, 0.05) is 12.6 Å². The standard InChI is InChI=1S/C22H25NO4.C2H2O4/c1-15(22(26)17-6-9-19(24)10-7-17)23-13-20(25)14-27-21-11-8-16-4-2-3-5-18(16)12-21;3-1(4)2(5)6/h2-12,15,20,22-26H,13-14H2,1H3;(H,3,4)(H,5,6). The second-order valence-electron chi connectivity index (χ2n) is 7.32. The molecule has 0 aromatic heterocycles. The molecule has 9 heteroatoms. The van der Waals surface area contributed by atoms with Crippen LogP contribution < -0.4 is 10.1 Å². The maximum absolute atomic E-state index is 10.3. The number of aromatic hydroxyl groups is 1. The molecule has 6 N–H and O–H groups in total. The van der Waals surface area contributed by atoms with E-state index in [1.54, 1.807) is 12.1 Å². The van der Waals surface area contributed by atoms with E-state index in [2.05, 4.69) is 5.32 Å². The molecule has 33 heavy (non-hydrogen) atoms. The predicted octanol–water partition coefficient (Wildman–Crippen LogP) is 2.15. The van der Waals surface area contributed by atoms with Crippen LogP contribution in [0.4, 0.5) is 0 Å². The number of aliphatic carboxylic acids is 2. The number of hydrogen-bond donors (Lipinski definition) is 6. The van der Waals surface area contributed by atoms with Gasteiger partial charge in [0.05, 0.1) is 6.10 Å². The van der Waals surface area contributed by atoms with E-state index < -0.39 is 24.1 Å². The Morgan fingerprint density at radius 1 is 0.909 bits per heavy atom. The molecule has 0 saturated carbocycles. The number of carboxylic acid groups (broad SMARTS) is 2. The molecule has 0 spiro atoms. The van der Waals surface area contributed by atoms with Crippen LogP contribution >= 0.6 is 0 Å². The minimum Gasteiger partial charge on any atom is -0.508 e. The van der Waals surface area contributed by atoms with Crippen LogP contribution in [0.5, 0.6) is 11.5 Å². The first-order chi connectivity index (χ1) is 15.7. The third-order valence-electron chi connectivity index (χ3n) is 4.73. The number of hydrogen-bond acceptors (Lipinski definition) is 7. The summed E-state index contributed by atoms with van der Waals surface area (Å²) < 4.78 is 5.69. The number of phenols is 1. The van der Waals surface area contributed by atoms with Crippen LogP contribution in [0.25, 0.3) is 10.8 Å². The third-order valence-corrected chi connectivity index (χ3v) is 4.73. The van der Waals surface area contributed by atoms with Crippen LogP contribution in [0.15, 0.2) is 66.7 Å². The van der Waals surface area contributed by atoms with Crippen molar-refractivity contribution in [3.63, 3.8) is 0 Å². The molecule has 0 amide bonds. The first-order valence-electron chi connectivity index (χ1n) is 10.1. The SMILES string of the molecule is CC(NCC(O)COc1ccc2ccccc2c1)C(O)c1ccc(O)cc1.O=C(O)C(=O)O. The Balaban J connectivity index is 0.000000569. The summed E-state index contributed by atoms with van der Waals surface area (Å²) >= 11 is 0. The number of phenolic OH excluding ortho intramolecular Hbond substituents is 1. The van der Waals surface area contributed by atoms with Crippen LogP contribution in [0, 0.1) is 0 Å². The number of carboxylic acids is 2. The lowest BCUT2D eigenvalue weighted by atomic mass is 10.0. The number of aliphatic hydroxyl groups excluding tert-OH is 2. The third kappa shape index (κ3) is 8.41. The largest absolute Gasteiger partial charge is 0.508 e. The average Bonchev–Trinajstić information content (AvgIpc) is 2.81. The molecule has 0 saturated heterocycles. The fourth-order valence-corrected chi connectivity index (χ4v) is 2.90. The lowest BCUT2D eigenvalue weighted by molar-refractivity contribution is -0.159. The van der Waals surface area contributed by atoms with Gasteiger partial charge in [0.2, 0.25) is 0 Å². The zero-order chi connectivity index (χ0) is 24.4. The van der Waals surface area contributed by atoms with Gasteiger partial charge < -0.3 is 35.6 Å². The van der Waals surface area contributed by atoms with Gasteiger partial charge in [-0.05, 0) is 47.5 Å². The van der Waals surface area contributed by atoms with Crippen LogP contribution in [0.1, 0.15) is 18.6 Å². The topological polar surface area (TPSA) is 157 Å². The molecule has 0 heterocycles. The number of fused-ring (bicyclic) bond motifs is 1. The Kier molecular flexibility index (Phi) is 9.62. The van der Waals surface area contributed by atoms with Crippen LogP contribution in [-0.4, -0.2) is 62.8 Å². The second kappa shape index (κ2) is 12.4. The van der Waals surface area contributed by atoms with Gasteiger partial charge in [0.25, 0.3) is 0 Å². The normalized spacial score (nSPS) is 13.3. The van der Waals surface area contributed by atoms with E-state index in [1.807, 2.05) is 49.4 Å². The van der Waals surface area contributed by atoms with E-state index in [1.165, 1.54) is 12.1 Å². The van der Waals surface area contributed by atoms with E-state index in [0.717, 1.165) is 10.8 Å². The van der Waals surface area contributed by atoms with Crippen molar-refractivity contribution >= 4 is 22.7 Å². The zero-order valence-corrected chi connectivity index (χ0v) is 18.0. The highest BCUT2D eigenvalue weighted by Gasteiger charge is 2.17. The minimum absolute atomic E-state index is 0.160. The summed E-state index contributed by atoms with van der Waals surface area (Å²) in [5, 5.41) is 50.0. The average molecular weight is 457 g/mol. The highest BCUT2D eigenvalue weighted by atomic mass is 16.5. The van der Waals surface area contributed by atoms with Crippen LogP contribution in [-0.2, 0) is 9.59 Å². The Hall–Kier alpha value is -3.66. The molecule has 3 aromatic rings. The van der Waals surface area contributed by atoms with Crippen molar-refractivity contribution in [1.82, 2.24) is 5.32 Å². The van der Waals surface area contributed by atoms with E-state index in [9.17, 15) is 15.3 Å². The summed E-state index contributed by atoms with van der Waals surface area (Å²) in [6.45, 7) is 2.30. The molecule has 3 aromatic carbocycles. The van der Waals surface area contributed by atoms with Crippen molar-refractivity contribution in [2.24, 2.45) is 0 Å². The second-order valence-corrected chi connectivity index (χ2v) is 7.32. The Labute approximate surface area is 190 Å². The van der Waals surface area contributed by atoms with Crippen molar-refractivity contribution < 1.29 is 39.9 Å². The highest BCUT2D eigenvalue weighted by molar-refractivity contribution is 6.27. The first-order valence-corrected chi connectivity index (χ1v) is 10.1. The molecule has 0 aliphatic heterocycles. The molecule has 0 aliphatic rings. The molecule has 3 rings (SSSR count). The van der Waals surface area contributed by atoms with E-state index in [4.69, 9.17) is 24.5 Å². The minimum atomic E-state index is -1.82. The fraction of sp³-hybridized carbons (Fsp3) is 0.250. The number of aliphatic hydroxyl groups is 2. The summed E-state index contributed by atoms with van der Waals surface area (Å²) in [5.41, 5.74) is 0.703. The molecule has 0 bridgehead atoms. The maximum atomic E-state index is 10.3. The van der Waals surface area contributed by atoms with Crippen LogP contribution in [0.3, 0.4) is 0 Å². The van der Waals surface area contributed by atoms with Gasteiger partial charge in [-0.25, -0.2) is 9.59 Å². The van der Waals surface area contributed by atoms with E-state index in [-0.39, 0.29) is 18.4 Å². The van der Waals surface area contributed by atoms with E-state index in [0.29, 0.717) is 17.9 Å². The van der Waals surface area contributed by atoms with Crippen molar-refractivity contribution in [3.05, 3.63) is 72.3 Å². The number of carbonyl (C=O) groups is 2. The summed E-state index contributed by atoms with van der Waals surface area (Å²) in [7, 11) is 0. The van der Waals surface area contributed by atoms with Crippen molar-refractivity contribution in [3.8, 4) is 11.5 Å². The zero-order valence-electron chi connectivity index (χ0n) is 18.0. The monoisotopic (exact) mass is 457 g/mol. The van der Waals surface area contributed by atoms with Gasteiger partial charge in [-0.2, -0.15) is 0 Å². The summed E-state index contributed by atoms with van der Waals surface area (Å²) in [6.07, 6.45) is -1.44. The molecular formula is C24H27NO8. The van der Waals surface area contributed by atoms with Gasteiger partial charge in [0.15, 0.2) is 0 Å². The maximum Gasteiger partial charge on any atom is 0.414 e. The predicted molar refractivity (Wildman–Crippen MR) is 121 cm³/mol. The molecule has 3 atom stereocenters. The van der Waals surface area contributed by atoms with Gasteiger partial charge in [-0.1, -0.05) is 42.5 Å². The quantitative estimate of drug-likeness (QED) is 0.279. The fourth-order valence-electron chi connectivity index (χ4n) is 2.90. The molecule has 3 unspecified atom stereocenters. The van der Waals surface area contributed by atoms with Gasteiger partial charge in [-0.15, -0.1) is 0 Å². The lowest BCUT2D eigenvalue weighted by Crippen LogP contribution is -2.39. The number of benzene rings is 3. The molecule has 0 radical (unpaired) electrons. The summed E-state index contributed by atoms with van der Waals surface area (Å²) in [5.74, 6) is -2.78. The van der Waals surface area contributed by atoms with Gasteiger partial charge in [0.1, 0.15) is 24.2 Å². The lowest BCUT2D eigenvalue weighted by Gasteiger charge is -2.22. The van der Waals surface area contributed by atoms with E-state index >= 15 is 0 Å². The molecule has 9 nitrogen and oxygen atoms in total. The number of nitrogens with one attached hydrogen (secondary N) is 1. The van der Waals surface area contributed by atoms with Crippen LogP contribution in [0.2, 0.25) is 0 Å². The summed E-state index contributed by atoms with van der Waals surface area (Å²) in [4.78, 5) is 18.2. The Morgan fingerprint density at radius 3 is 2.12 bits per heavy atom. The molecule has 0 fully saturated rings. The highest BCUT2D eigenvalue weighted by Crippen LogP contribution is 2.21.